The van der Waals surface area contributed by atoms with Gasteiger partial charge in [0.2, 0.25) is 5.91 Å². The van der Waals surface area contributed by atoms with Gasteiger partial charge in [-0.25, -0.2) is 0 Å². The Hall–Kier alpha value is -1.54. The lowest BCUT2D eigenvalue weighted by Gasteiger charge is -2.27. The number of carbonyl (C=O) groups excluding carboxylic acids is 1. The first-order valence-electron chi connectivity index (χ1n) is 5.58. The average molecular weight is 287 g/mol. The molecule has 1 aromatic heterocycles. The third kappa shape index (κ3) is 4.56. The first kappa shape index (κ1) is 15.5. The van der Waals surface area contributed by atoms with Gasteiger partial charge in [0.25, 0.3) is 0 Å². The van der Waals surface area contributed by atoms with Crippen molar-refractivity contribution in [3.63, 3.8) is 0 Å². The molecule has 4 N–H and O–H groups in total. The smallest absolute Gasteiger partial charge is 0.321 e. The fourth-order valence-electron chi connectivity index (χ4n) is 1.24. The molecule has 0 aliphatic heterocycles. The van der Waals surface area contributed by atoms with Crippen molar-refractivity contribution >= 4 is 29.5 Å². The standard InChI is InChI=1S/C11H17N3O4S/c1-6-4-7(14-18-6)13-8(15)5-19-11(2,3)9(12)10(16)17/h4,9H,5,12H2,1-3H3,(H,16,17)(H,13,14,15)/t9-/m0/s1. The van der Waals surface area contributed by atoms with Gasteiger partial charge >= 0.3 is 5.97 Å². The number of nitrogens with two attached hydrogens (primary N) is 1. The molecule has 0 radical (unpaired) electrons. The predicted molar refractivity (Wildman–Crippen MR) is 72.0 cm³/mol. The number of anilines is 1. The molecule has 0 saturated heterocycles. The minimum absolute atomic E-state index is 0.0832. The lowest BCUT2D eigenvalue weighted by Crippen LogP contribution is -2.47. The molecular formula is C11H17N3O4S. The van der Waals surface area contributed by atoms with E-state index in [1.807, 2.05) is 0 Å². The van der Waals surface area contributed by atoms with Crippen LogP contribution < -0.4 is 11.1 Å². The van der Waals surface area contributed by atoms with Gasteiger partial charge in [0.1, 0.15) is 11.8 Å². The number of hydrogen-bond acceptors (Lipinski definition) is 6. The molecule has 0 spiro atoms. The Morgan fingerprint density at radius 3 is 2.74 bits per heavy atom. The summed E-state index contributed by atoms with van der Waals surface area (Å²) in [6.07, 6.45) is 0. The van der Waals surface area contributed by atoms with Crippen LogP contribution in [-0.4, -0.2) is 38.7 Å². The molecule has 19 heavy (non-hydrogen) atoms. The van der Waals surface area contributed by atoms with Crippen LogP contribution in [0.3, 0.4) is 0 Å². The van der Waals surface area contributed by atoms with Crippen LogP contribution in [0.15, 0.2) is 10.6 Å². The molecule has 0 aliphatic rings. The third-order valence-corrected chi connectivity index (χ3v) is 3.89. The number of aliphatic carboxylic acids is 1. The number of carbonyl (C=O) groups is 2. The maximum atomic E-state index is 11.7. The second-order valence-corrected chi connectivity index (χ2v) is 6.21. The lowest BCUT2D eigenvalue weighted by molar-refractivity contribution is -0.139. The maximum Gasteiger partial charge on any atom is 0.321 e. The molecule has 106 valence electrons. The van der Waals surface area contributed by atoms with Gasteiger partial charge in [0, 0.05) is 10.8 Å². The minimum Gasteiger partial charge on any atom is -0.480 e. The van der Waals surface area contributed by atoms with Gasteiger partial charge < -0.3 is 20.7 Å². The lowest BCUT2D eigenvalue weighted by atomic mass is 10.1. The predicted octanol–water partition coefficient (Wildman–Crippen LogP) is 0.845. The number of thioether (sulfide) groups is 1. The van der Waals surface area contributed by atoms with Crippen molar-refractivity contribution in [3.05, 3.63) is 11.8 Å². The summed E-state index contributed by atoms with van der Waals surface area (Å²) in [5.41, 5.74) is 5.56. The Labute approximate surface area is 114 Å². The van der Waals surface area contributed by atoms with Crippen molar-refractivity contribution in [2.45, 2.75) is 31.6 Å². The van der Waals surface area contributed by atoms with E-state index >= 15 is 0 Å². The topological polar surface area (TPSA) is 118 Å². The van der Waals surface area contributed by atoms with E-state index in [2.05, 4.69) is 10.5 Å². The molecule has 0 aromatic carbocycles. The number of aromatic nitrogens is 1. The SMILES string of the molecule is Cc1cc(NC(=O)CSC(C)(C)[C@@H](N)C(=O)O)no1. The van der Waals surface area contributed by atoms with Crippen LogP contribution in [0.2, 0.25) is 0 Å². The molecule has 1 rings (SSSR count). The van der Waals surface area contributed by atoms with Crippen LogP contribution in [0, 0.1) is 6.92 Å². The molecule has 1 atom stereocenters. The van der Waals surface area contributed by atoms with Crippen molar-refractivity contribution in [2.75, 3.05) is 11.1 Å². The van der Waals surface area contributed by atoms with E-state index in [0.717, 1.165) is 0 Å². The first-order valence-corrected chi connectivity index (χ1v) is 6.56. The highest BCUT2D eigenvalue weighted by Crippen LogP contribution is 2.27. The summed E-state index contributed by atoms with van der Waals surface area (Å²) in [7, 11) is 0. The van der Waals surface area contributed by atoms with Gasteiger partial charge in [-0.05, 0) is 20.8 Å². The quantitative estimate of drug-likeness (QED) is 0.709. The van der Waals surface area contributed by atoms with Gasteiger partial charge in [0.15, 0.2) is 5.82 Å². The Morgan fingerprint density at radius 1 is 1.63 bits per heavy atom. The Morgan fingerprint density at radius 2 is 2.26 bits per heavy atom. The van der Waals surface area contributed by atoms with E-state index in [0.29, 0.717) is 11.6 Å². The second kappa shape index (κ2) is 6.07. The highest BCUT2D eigenvalue weighted by atomic mass is 32.2. The summed E-state index contributed by atoms with van der Waals surface area (Å²) < 4.78 is 4.06. The number of amides is 1. The van der Waals surface area contributed by atoms with Crippen molar-refractivity contribution in [1.29, 1.82) is 0 Å². The summed E-state index contributed by atoms with van der Waals surface area (Å²) in [4.78, 5) is 22.5. The van der Waals surface area contributed by atoms with Crippen molar-refractivity contribution in [2.24, 2.45) is 5.73 Å². The summed E-state index contributed by atoms with van der Waals surface area (Å²) in [5, 5.41) is 15.0. The molecule has 7 nitrogen and oxygen atoms in total. The largest absolute Gasteiger partial charge is 0.480 e. The zero-order valence-electron chi connectivity index (χ0n) is 11.0. The van der Waals surface area contributed by atoms with Crippen LogP contribution in [0.1, 0.15) is 19.6 Å². The van der Waals surface area contributed by atoms with E-state index in [1.54, 1.807) is 26.8 Å². The molecular weight excluding hydrogens is 270 g/mol. The number of carboxylic acid groups (broad SMARTS) is 1. The van der Waals surface area contributed by atoms with E-state index in [4.69, 9.17) is 15.4 Å². The molecule has 0 bridgehead atoms. The van der Waals surface area contributed by atoms with E-state index in [1.165, 1.54) is 11.8 Å². The fourth-order valence-corrected chi connectivity index (χ4v) is 2.10. The average Bonchev–Trinajstić information content (AvgIpc) is 2.71. The number of hydrogen-bond donors (Lipinski definition) is 3. The van der Waals surface area contributed by atoms with Crippen LogP contribution >= 0.6 is 11.8 Å². The molecule has 8 heteroatoms. The molecule has 1 aromatic rings. The molecule has 1 amide bonds. The number of nitrogens with one attached hydrogen (secondary N) is 1. The van der Waals surface area contributed by atoms with Crippen molar-refractivity contribution in [3.8, 4) is 0 Å². The van der Waals surface area contributed by atoms with Crippen molar-refractivity contribution < 1.29 is 19.2 Å². The molecule has 0 unspecified atom stereocenters. The van der Waals surface area contributed by atoms with Gasteiger partial charge in [0.05, 0.1) is 5.75 Å². The molecule has 0 fully saturated rings. The monoisotopic (exact) mass is 287 g/mol. The van der Waals surface area contributed by atoms with Crippen LogP contribution in [0.5, 0.6) is 0 Å². The third-order valence-electron chi connectivity index (χ3n) is 2.49. The number of rotatable bonds is 6. The van der Waals surface area contributed by atoms with Gasteiger partial charge in [-0.15, -0.1) is 11.8 Å². The second-order valence-electron chi connectivity index (χ2n) is 4.58. The highest BCUT2D eigenvalue weighted by Gasteiger charge is 2.33. The maximum absolute atomic E-state index is 11.7. The normalized spacial score (nSPS) is 13.1. The van der Waals surface area contributed by atoms with E-state index in [9.17, 15) is 9.59 Å². The van der Waals surface area contributed by atoms with E-state index in [-0.39, 0.29) is 11.7 Å². The summed E-state index contributed by atoms with van der Waals surface area (Å²) in [6.45, 7) is 5.08. The Kier molecular flexibility index (Phi) is 4.96. The minimum atomic E-state index is -1.09. The summed E-state index contributed by atoms with van der Waals surface area (Å²) in [6, 6.07) is 0.552. The number of aryl methyl sites for hydroxylation is 1. The highest BCUT2D eigenvalue weighted by molar-refractivity contribution is 8.01. The van der Waals surface area contributed by atoms with Gasteiger partial charge in [-0.2, -0.15) is 0 Å². The Bertz CT molecular complexity index is 472. The van der Waals surface area contributed by atoms with Crippen LogP contribution in [-0.2, 0) is 9.59 Å². The first-order chi connectivity index (χ1) is 8.72. The zero-order chi connectivity index (χ0) is 14.6. The van der Waals surface area contributed by atoms with Crippen molar-refractivity contribution in [1.82, 2.24) is 5.16 Å². The van der Waals surface area contributed by atoms with Crippen LogP contribution in [0.4, 0.5) is 5.82 Å². The fraction of sp³-hybridized carbons (Fsp3) is 0.545. The molecule has 0 saturated carbocycles. The summed E-state index contributed by atoms with van der Waals surface area (Å²) >= 11 is 1.17. The number of nitrogens with zero attached hydrogens (tertiary/aromatic N) is 1. The zero-order valence-corrected chi connectivity index (χ0v) is 11.8. The summed E-state index contributed by atoms with van der Waals surface area (Å²) in [5.74, 6) is -0.367. The number of carboxylic acids is 1. The van der Waals surface area contributed by atoms with Gasteiger partial charge in [-0.1, -0.05) is 5.16 Å². The van der Waals surface area contributed by atoms with Crippen LogP contribution in [0.25, 0.3) is 0 Å². The molecule has 0 aliphatic carbocycles. The Balaban J connectivity index is 2.48. The van der Waals surface area contributed by atoms with E-state index < -0.39 is 16.8 Å². The van der Waals surface area contributed by atoms with Gasteiger partial charge in [-0.3, -0.25) is 9.59 Å². The molecule has 1 heterocycles.